The summed E-state index contributed by atoms with van der Waals surface area (Å²) < 4.78 is 78.3. The van der Waals surface area contributed by atoms with Crippen molar-refractivity contribution in [1.82, 2.24) is 4.90 Å². The third-order valence-corrected chi connectivity index (χ3v) is 8.29. The molecule has 0 amide bonds. The van der Waals surface area contributed by atoms with E-state index in [-0.39, 0.29) is 5.69 Å². The molecule has 0 radical (unpaired) electrons. The molecule has 0 spiro atoms. The van der Waals surface area contributed by atoms with E-state index in [1.807, 2.05) is 19.2 Å². The van der Waals surface area contributed by atoms with Crippen molar-refractivity contribution in [3.05, 3.63) is 54.1 Å². The zero-order valence-corrected chi connectivity index (χ0v) is 21.4. The summed E-state index contributed by atoms with van der Waals surface area (Å²) in [5.41, 5.74) is 1.60. The van der Waals surface area contributed by atoms with Crippen LogP contribution in [0.5, 0.6) is 5.75 Å². The van der Waals surface area contributed by atoms with E-state index in [9.17, 15) is 25.3 Å². The van der Waals surface area contributed by atoms with Gasteiger partial charge in [0.1, 0.15) is 12.4 Å². The van der Waals surface area contributed by atoms with Gasteiger partial charge in [0.2, 0.25) is 30.1 Å². The summed E-state index contributed by atoms with van der Waals surface area (Å²) in [4.78, 5) is 2.08. The predicted octanol–water partition coefficient (Wildman–Crippen LogP) is 1.34. The number of benzene rings is 2. The molecule has 0 saturated heterocycles. The predicted molar refractivity (Wildman–Crippen MR) is 130 cm³/mol. The van der Waals surface area contributed by atoms with Crippen LogP contribution in [0, 0.1) is 0 Å². The number of likely N-dealkylation sites (N-methyl/N-ethyl adjacent to an activating group) is 1. The Balaban J connectivity index is 1.83. The van der Waals surface area contributed by atoms with Gasteiger partial charge in [-0.15, -0.1) is 0 Å². The van der Waals surface area contributed by atoms with Crippen molar-refractivity contribution in [1.29, 1.82) is 0 Å². The number of hydrogen-bond donors (Lipinski definition) is 1. The quantitative estimate of drug-likeness (QED) is 0.445. The molecule has 13 heteroatoms. The van der Waals surface area contributed by atoms with E-state index in [1.165, 1.54) is 24.3 Å². The molecule has 184 valence electrons. The Bertz CT molecular complexity index is 1210. The van der Waals surface area contributed by atoms with Crippen LogP contribution in [-0.4, -0.2) is 75.7 Å². The molecule has 0 atom stereocenters. The average molecular weight is 520 g/mol. The summed E-state index contributed by atoms with van der Waals surface area (Å²) in [7, 11) is -9.33. The van der Waals surface area contributed by atoms with Crippen molar-refractivity contribution < 1.29 is 30.0 Å². The van der Waals surface area contributed by atoms with Gasteiger partial charge >= 0.3 is 0 Å². The molecule has 2 aromatic carbocycles. The number of nitrogens with one attached hydrogen (secondary N) is 1. The van der Waals surface area contributed by atoms with Gasteiger partial charge in [0, 0.05) is 18.8 Å². The van der Waals surface area contributed by atoms with Crippen molar-refractivity contribution >= 4 is 41.4 Å². The Morgan fingerprint density at radius 2 is 1.33 bits per heavy atom. The van der Waals surface area contributed by atoms with E-state index in [4.69, 9.17) is 4.74 Å². The molecule has 2 aromatic rings. The molecule has 33 heavy (non-hydrogen) atoms. The highest BCUT2D eigenvalue weighted by atomic mass is 32.3. The second-order valence-corrected chi connectivity index (χ2v) is 13.3. The molecule has 0 bridgehead atoms. The Labute approximate surface area is 196 Å². The summed E-state index contributed by atoms with van der Waals surface area (Å²) in [6, 6.07) is 13.0. The molecule has 0 fully saturated rings. The van der Waals surface area contributed by atoms with E-state index in [1.54, 1.807) is 12.1 Å². The maximum Gasteiger partial charge on any atom is 0.245 e. The SMILES string of the molecule is CN(CCOc1ccc(N(S(C)(=O)=O)S(C)(=O)=O)cc1)CCc1ccc(NS(C)(=O)=O)cc1. The number of anilines is 2. The third kappa shape index (κ3) is 9.20. The summed E-state index contributed by atoms with van der Waals surface area (Å²) >= 11 is 0. The Hall–Kier alpha value is -2.35. The van der Waals surface area contributed by atoms with E-state index in [0.717, 1.165) is 37.3 Å². The molecule has 0 aromatic heterocycles. The molecule has 0 saturated carbocycles. The van der Waals surface area contributed by atoms with Gasteiger partial charge in [-0.1, -0.05) is 12.1 Å². The average Bonchev–Trinajstić information content (AvgIpc) is 2.65. The third-order valence-electron chi connectivity index (χ3n) is 4.43. The van der Waals surface area contributed by atoms with E-state index in [0.29, 0.717) is 28.3 Å². The van der Waals surface area contributed by atoms with E-state index < -0.39 is 30.1 Å². The second-order valence-electron chi connectivity index (χ2n) is 7.69. The van der Waals surface area contributed by atoms with Gasteiger partial charge in [0.15, 0.2) is 0 Å². The zero-order chi connectivity index (χ0) is 24.9. The largest absolute Gasteiger partial charge is 0.492 e. The molecule has 1 N–H and O–H groups in total. The standard InChI is InChI=1S/C20H29N3O7S3/c1-22(14-13-17-5-7-18(8-6-17)21-31(2,24)25)15-16-30-20-11-9-19(10-12-20)23(32(3,26)27)33(4,28)29/h5-12,21H,13-16H2,1-4H3. The number of rotatable bonds is 12. The fourth-order valence-corrected chi connectivity index (χ4v) is 6.54. The summed E-state index contributed by atoms with van der Waals surface area (Å²) in [6.07, 6.45) is 3.54. The second kappa shape index (κ2) is 10.7. The molecular weight excluding hydrogens is 490 g/mol. The van der Waals surface area contributed by atoms with Gasteiger partial charge < -0.3 is 9.64 Å². The lowest BCUT2D eigenvalue weighted by atomic mass is 10.1. The summed E-state index contributed by atoms with van der Waals surface area (Å²) in [5.74, 6) is 0.489. The minimum atomic E-state index is -3.99. The van der Waals surface area contributed by atoms with Gasteiger partial charge in [-0.25, -0.2) is 25.3 Å². The highest BCUT2D eigenvalue weighted by molar-refractivity contribution is 8.09. The molecular formula is C20H29N3O7S3. The van der Waals surface area contributed by atoms with Gasteiger partial charge in [0.25, 0.3) is 0 Å². The van der Waals surface area contributed by atoms with Crippen molar-refractivity contribution in [2.45, 2.75) is 6.42 Å². The van der Waals surface area contributed by atoms with Gasteiger partial charge in [-0.3, -0.25) is 4.72 Å². The highest BCUT2D eigenvalue weighted by Crippen LogP contribution is 2.24. The first kappa shape index (κ1) is 26.9. The lowest BCUT2D eigenvalue weighted by Crippen LogP contribution is -2.35. The Morgan fingerprint density at radius 1 is 0.788 bits per heavy atom. The van der Waals surface area contributed by atoms with Crippen LogP contribution in [0.3, 0.4) is 0 Å². The first-order chi connectivity index (χ1) is 15.1. The maximum absolute atomic E-state index is 11.8. The van der Waals surface area contributed by atoms with E-state index in [2.05, 4.69) is 9.62 Å². The topological polar surface area (TPSA) is 130 Å². The number of nitrogens with zero attached hydrogens (tertiary/aromatic N) is 2. The fourth-order valence-electron chi connectivity index (χ4n) is 3.00. The normalized spacial score (nSPS) is 12.5. The Kier molecular flexibility index (Phi) is 8.74. The van der Waals surface area contributed by atoms with Crippen LogP contribution in [0.4, 0.5) is 11.4 Å². The molecule has 0 unspecified atom stereocenters. The van der Waals surface area contributed by atoms with Crippen LogP contribution in [-0.2, 0) is 36.5 Å². The lowest BCUT2D eigenvalue weighted by molar-refractivity contribution is 0.239. The number of ether oxygens (including phenoxy) is 1. The van der Waals surface area contributed by atoms with Crippen LogP contribution < -0.4 is 13.2 Å². The van der Waals surface area contributed by atoms with Gasteiger partial charge in [0.05, 0.1) is 24.5 Å². The van der Waals surface area contributed by atoms with Crippen molar-refractivity contribution in [2.24, 2.45) is 0 Å². The monoisotopic (exact) mass is 519 g/mol. The van der Waals surface area contributed by atoms with Crippen molar-refractivity contribution in [3.63, 3.8) is 0 Å². The highest BCUT2D eigenvalue weighted by Gasteiger charge is 2.27. The first-order valence-corrected chi connectivity index (χ1v) is 15.4. The van der Waals surface area contributed by atoms with Crippen LogP contribution in [0.15, 0.2) is 48.5 Å². The van der Waals surface area contributed by atoms with Crippen molar-refractivity contribution in [3.8, 4) is 5.75 Å². The van der Waals surface area contributed by atoms with Crippen LogP contribution in [0.25, 0.3) is 0 Å². The fraction of sp³-hybridized carbons (Fsp3) is 0.400. The number of sulfonamides is 3. The van der Waals surface area contributed by atoms with Gasteiger partial charge in [-0.2, -0.15) is 3.71 Å². The molecule has 10 nitrogen and oxygen atoms in total. The number of hydrogen-bond acceptors (Lipinski definition) is 8. The van der Waals surface area contributed by atoms with Gasteiger partial charge in [-0.05, 0) is 55.4 Å². The molecule has 0 heterocycles. The van der Waals surface area contributed by atoms with Crippen molar-refractivity contribution in [2.75, 3.05) is 53.9 Å². The zero-order valence-electron chi connectivity index (χ0n) is 18.9. The smallest absolute Gasteiger partial charge is 0.245 e. The van der Waals surface area contributed by atoms with Crippen LogP contribution >= 0.6 is 0 Å². The minimum Gasteiger partial charge on any atom is -0.492 e. The minimum absolute atomic E-state index is 0.0159. The molecule has 0 aliphatic rings. The van der Waals surface area contributed by atoms with Crippen LogP contribution in [0.2, 0.25) is 0 Å². The summed E-state index contributed by atoms with van der Waals surface area (Å²) in [6.45, 7) is 1.78. The molecule has 0 aliphatic heterocycles. The lowest BCUT2D eigenvalue weighted by Gasteiger charge is -2.20. The molecule has 2 rings (SSSR count). The van der Waals surface area contributed by atoms with Crippen LogP contribution in [0.1, 0.15) is 5.56 Å². The summed E-state index contributed by atoms with van der Waals surface area (Å²) in [5, 5.41) is 0. The molecule has 0 aliphatic carbocycles. The Morgan fingerprint density at radius 3 is 1.82 bits per heavy atom. The van der Waals surface area contributed by atoms with E-state index >= 15 is 0 Å². The maximum atomic E-state index is 11.8. The first-order valence-electron chi connectivity index (χ1n) is 9.84.